The standard InChI is InChI=1S/C13H14N4S/c1-9-12(16-8-15-9)13-14-5-6-17(13)10(2)11-4-3-7-18-11/h3-8,10H,1-2H3,(H,15,16). The number of hydrogen-bond acceptors (Lipinski definition) is 3. The predicted octanol–water partition coefficient (Wildman–Crippen LogP) is 3.25. The van der Waals surface area contributed by atoms with Gasteiger partial charge < -0.3 is 9.55 Å². The highest BCUT2D eigenvalue weighted by Crippen LogP contribution is 2.27. The minimum absolute atomic E-state index is 0.283. The van der Waals surface area contributed by atoms with Gasteiger partial charge in [0.15, 0.2) is 5.82 Å². The Hall–Kier alpha value is -1.88. The maximum atomic E-state index is 4.45. The quantitative estimate of drug-likeness (QED) is 0.784. The van der Waals surface area contributed by atoms with Crippen LogP contribution in [0.1, 0.15) is 23.5 Å². The number of thiophene rings is 1. The largest absolute Gasteiger partial charge is 0.342 e. The van der Waals surface area contributed by atoms with Gasteiger partial charge in [-0.25, -0.2) is 9.97 Å². The zero-order valence-electron chi connectivity index (χ0n) is 10.3. The molecule has 4 nitrogen and oxygen atoms in total. The summed E-state index contributed by atoms with van der Waals surface area (Å²) in [5.41, 5.74) is 1.96. The molecule has 0 spiro atoms. The number of rotatable bonds is 3. The molecule has 0 bridgehead atoms. The van der Waals surface area contributed by atoms with Crippen molar-refractivity contribution in [1.82, 2.24) is 19.5 Å². The van der Waals surface area contributed by atoms with E-state index >= 15 is 0 Å². The van der Waals surface area contributed by atoms with Gasteiger partial charge in [-0.3, -0.25) is 0 Å². The predicted molar refractivity (Wildman–Crippen MR) is 72.7 cm³/mol. The summed E-state index contributed by atoms with van der Waals surface area (Å²) in [6.45, 7) is 4.17. The van der Waals surface area contributed by atoms with Crippen molar-refractivity contribution in [3.8, 4) is 11.5 Å². The first-order valence-corrected chi connectivity index (χ1v) is 6.72. The first kappa shape index (κ1) is 11.2. The Bertz CT molecular complexity index is 636. The van der Waals surface area contributed by atoms with Crippen LogP contribution in [-0.2, 0) is 0 Å². The Morgan fingerprint density at radius 1 is 1.39 bits per heavy atom. The second kappa shape index (κ2) is 4.42. The van der Waals surface area contributed by atoms with Crippen LogP contribution in [0, 0.1) is 6.92 Å². The Morgan fingerprint density at radius 3 is 2.94 bits per heavy atom. The van der Waals surface area contributed by atoms with E-state index in [9.17, 15) is 0 Å². The zero-order valence-corrected chi connectivity index (χ0v) is 11.1. The topological polar surface area (TPSA) is 46.5 Å². The lowest BCUT2D eigenvalue weighted by Crippen LogP contribution is -2.06. The number of H-pyrrole nitrogens is 1. The fraction of sp³-hybridized carbons (Fsp3) is 0.231. The van der Waals surface area contributed by atoms with E-state index in [0.29, 0.717) is 0 Å². The molecule has 1 unspecified atom stereocenters. The van der Waals surface area contributed by atoms with E-state index < -0.39 is 0 Å². The van der Waals surface area contributed by atoms with E-state index in [1.165, 1.54) is 4.88 Å². The molecule has 0 aromatic carbocycles. The minimum atomic E-state index is 0.283. The van der Waals surface area contributed by atoms with E-state index in [1.54, 1.807) is 17.7 Å². The van der Waals surface area contributed by atoms with Gasteiger partial charge in [-0.05, 0) is 25.3 Å². The van der Waals surface area contributed by atoms with Gasteiger partial charge in [-0.2, -0.15) is 0 Å². The molecule has 0 saturated carbocycles. The Labute approximate surface area is 109 Å². The van der Waals surface area contributed by atoms with Crippen LogP contribution in [0.2, 0.25) is 0 Å². The summed E-state index contributed by atoms with van der Waals surface area (Å²) < 4.78 is 2.17. The van der Waals surface area contributed by atoms with Crippen LogP contribution in [0.3, 0.4) is 0 Å². The van der Waals surface area contributed by atoms with Crippen molar-refractivity contribution >= 4 is 11.3 Å². The Morgan fingerprint density at radius 2 is 2.28 bits per heavy atom. The lowest BCUT2D eigenvalue weighted by molar-refractivity contribution is 0.655. The molecule has 0 radical (unpaired) electrons. The van der Waals surface area contributed by atoms with E-state index in [1.807, 2.05) is 19.3 Å². The first-order valence-electron chi connectivity index (χ1n) is 5.84. The van der Waals surface area contributed by atoms with Crippen LogP contribution in [0.5, 0.6) is 0 Å². The molecule has 0 aliphatic heterocycles. The van der Waals surface area contributed by atoms with Crippen molar-refractivity contribution in [3.05, 3.63) is 46.8 Å². The van der Waals surface area contributed by atoms with Gasteiger partial charge in [0.05, 0.1) is 18.1 Å². The molecule has 0 fully saturated rings. The molecule has 3 heterocycles. The molecule has 92 valence electrons. The lowest BCUT2D eigenvalue weighted by Gasteiger charge is -2.14. The summed E-state index contributed by atoms with van der Waals surface area (Å²) in [7, 11) is 0. The smallest absolute Gasteiger partial charge is 0.158 e. The number of nitrogens with zero attached hydrogens (tertiary/aromatic N) is 3. The van der Waals surface area contributed by atoms with E-state index in [-0.39, 0.29) is 6.04 Å². The molecule has 5 heteroatoms. The fourth-order valence-corrected chi connectivity index (χ4v) is 2.86. The Balaban J connectivity index is 2.05. The molecule has 0 amide bonds. The van der Waals surface area contributed by atoms with Gasteiger partial charge in [0, 0.05) is 17.3 Å². The third-order valence-electron chi connectivity index (χ3n) is 3.09. The number of imidazole rings is 2. The van der Waals surface area contributed by atoms with Gasteiger partial charge in [-0.1, -0.05) is 6.07 Å². The van der Waals surface area contributed by atoms with Crippen molar-refractivity contribution < 1.29 is 0 Å². The normalized spacial score (nSPS) is 12.8. The van der Waals surface area contributed by atoms with Gasteiger partial charge >= 0.3 is 0 Å². The van der Waals surface area contributed by atoms with Crippen LogP contribution in [0.15, 0.2) is 36.2 Å². The number of aryl methyl sites for hydroxylation is 1. The zero-order chi connectivity index (χ0) is 12.5. The third-order valence-corrected chi connectivity index (χ3v) is 4.14. The third kappa shape index (κ3) is 1.76. The number of aromatic amines is 1. The monoisotopic (exact) mass is 258 g/mol. The second-order valence-electron chi connectivity index (χ2n) is 4.21. The van der Waals surface area contributed by atoms with Gasteiger partial charge in [0.2, 0.25) is 0 Å². The number of nitrogens with one attached hydrogen (secondary N) is 1. The van der Waals surface area contributed by atoms with Crippen LogP contribution >= 0.6 is 11.3 Å². The molecule has 3 rings (SSSR count). The van der Waals surface area contributed by atoms with E-state index in [0.717, 1.165) is 17.2 Å². The van der Waals surface area contributed by atoms with Crippen molar-refractivity contribution in [2.24, 2.45) is 0 Å². The van der Waals surface area contributed by atoms with Gasteiger partial charge in [0.25, 0.3) is 0 Å². The molecular weight excluding hydrogens is 244 g/mol. The van der Waals surface area contributed by atoms with Crippen LogP contribution in [0.4, 0.5) is 0 Å². The first-order chi connectivity index (χ1) is 8.77. The molecule has 1 atom stereocenters. The van der Waals surface area contributed by atoms with Crippen molar-refractivity contribution in [2.45, 2.75) is 19.9 Å². The molecule has 3 aromatic rings. The molecular formula is C13H14N4S. The number of aromatic nitrogens is 4. The average molecular weight is 258 g/mol. The minimum Gasteiger partial charge on any atom is -0.342 e. The molecule has 18 heavy (non-hydrogen) atoms. The van der Waals surface area contributed by atoms with Crippen LogP contribution in [-0.4, -0.2) is 19.5 Å². The maximum Gasteiger partial charge on any atom is 0.158 e. The highest BCUT2D eigenvalue weighted by atomic mass is 32.1. The van der Waals surface area contributed by atoms with Crippen LogP contribution < -0.4 is 0 Å². The highest BCUT2D eigenvalue weighted by molar-refractivity contribution is 7.10. The van der Waals surface area contributed by atoms with Gasteiger partial charge in [0.1, 0.15) is 5.69 Å². The summed E-state index contributed by atoms with van der Waals surface area (Å²) in [6.07, 6.45) is 5.55. The highest BCUT2D eigenvalue weighted by Gasteiger charge is 2.16. The van der Waals surface area contributed by atoms with Crippen molar-refractivity contribution in [1.29, 1.82) is 0 Å². The molecule has 1 N–H and O–H groups in total. The molecule has 0 aliphatic rings. The average Bonchev–Trinajstić information content (AvgIpc) is 3.09. The summed E-state index contributed by atoms with van der Waals surface area (Å²) in [6, 6.07) is 4.51. The van der Waals surface area contributed by atoms with Crippen molar-refractivity contribution in [2.75, 3.05) is 0 Å². The summed E-state index contributed by atoms with van der Waals surface area (Å²) in [4.78, 5) is 13.2. The second-order valence-corrected chi connectivity index (χ2v) is 5.19. The lowest BCUT2D eigenvalue weighted by atomic mass is 10.2. The molecule has 3 aromatic heterocycles. The maximum absolute atomic E-state index is 4.45. The summed E-state index contributed by atoms with van der Waals surface area (Å²) in [5, 5.41) is 2.10. The summed E-state index contributed by atoms with van der Waals surface area (Å²) in [5.74, 6) is 0.936. The van der Waals surface area contributed by atoms with Crippen molar-refractivity contribution in [3.63, 3.8) is 0 Å². The van der Waals surface area contributed by atoms with Gasteiger partial charge in [-0.15, -0.1) is 11.3 Å². The molecule has 0 saturated heterocycles. The SMILES string of the molecule is Cc1nc[nH]c1-c1nccn1C(C)c1cccs1. The fourth-order valence-electron chi connectivity index (χ4n) is 2.07. The Kier molecular flexibility index (Phi) is 2.76. The molecule has 0 aliphatic carbocycles. The van der Waals surface area contributed by atoms with E-state index in [4.69, 9.17) is 0 Å². The van der Waals surface area contributed by atoms with E-state index in [2.05, 4.69) is 44.0 Å². The number of hydrogen-bond donors (Lipinski definition) is 1. The summed E-state index contributed by atoms with van der Waals surface area (Å²) >= 11 is 1.76. The van der Waals surface area contributed by atoms with Crippen LogP contribution in [0.25, 0.3) is 11.5 Å².